The van der Waals surface area contributed by atoms with E-state index in [1.807, 2.05) is 37.4 Å². The van der Waals surface area contributed by atoms with Crippen LogP contribution in [0.4, 0.5) is 0 Å². The van der Waals surface area contributed by atoms with Crippen LogP contribution in [-0.2, 0) is 30.4 Å². The third kappa shape index (κ3) is 9.29. The van der Waals surface area contributed by atoms with E-state index in [1.54, 1.807) is 13.1 Å². The molecule has 0 fully saturated rings. The fraction of sp³-hybridized carbons (Fsp3) is 0.500. The van der Waals surface area contributed by atoms with Gasteiger partial charge in [0.15, 0.2) is 0 Å². The van der Waals surface area contributed by atoms with E-state index in [0.29, 0.717) is 12.2 Å². The van der Waals surface area contributed by atoms with E-state index in [1.165, 1.54) is 11.8 Å². The number of carboxylic acid groups (broad SMARTS) is 1. The van der Waals surface area contributed by atoms with Crippen LogP contribution in [0.3, 0.4) is 0 Å². The maximum atomic E-state index is 13.3. The number of amides is 4. The molecular weight excluding hydrogens is 524 g/mol. The first-order chi connectivity index (χ1) is 18.5. The quantitative estimate of drug-likeness (QED) is 0.150. The molecule has 39 heavy (non-hydrogen) atoms. The summed E-state index contributed by atoms with van der Waals surface area (Å²) in [6.45, 7) is 3.65. The van der Waals surface area contributed by atoms with Gasteiger partial charge < -0.3 is 37.5 Å². The SMILES string of the molecule is CCC(C)C(NC(=O)C(N)Cc1c[nH]c2ccccc12)C(=O)NC(CCSC)C(=O)NC(CC(N)=O)C(=O)O. The van der Waals surface area contributed by atoms with Gasteiger partial charge in [-0.2, -0.15) is 11.8 Å². The molecule has 0 saturated heterocycles. The van der Waals surface area contributed by atoms with Crippen molar-refractivity contribution < 1.29 is 29.1 Å². The van der Waals surface area contributed by atoms with Crippen LogP contribution in [0.15, 0.2) is 30.5 Å². The maximum Gasteiger partial charge on any atom is 0.326 e. The molecule has 2 rings (SSSR count). The number of rotatable bonds is 16. The molecule has 4 amide bonds. The second-order valence-electron chi connectivity index (χ2n) is 9.45. The number of primary amides is 1. The smallest absolute Gasteiger partial charge is 0.326 e. The van der Waals surface area contributed by atoms with Crippen molar-refractivity contribution in [3.8, 4) is 0 Å². The number of aliphatic carboxylic acids is 1. The van der Waals surface area contributed by atoms with Crippen LogP contribution in [-0.4, -0.2) is 75.9 Å². The minimum absolute atomic E-state index is 0.197. The number of nitrogens with one attached hydrogen (secondary N) is 4. The average Bonchev–Trinajstić information content (AvgIpc) is 3.30. The molecule has 0 saturated carbocycles. The molecular formula is C26H38N6O6S. The van der Waals surface area contributed by atoms with Gasteiger partial charge in [0, 0.05) is 17.1 Å². The van der Waals surface area contributed by atoms with Crippen molar-refractivity contribution in [1.29, 1.82) is 0 Å². The molecule has 9 N–H and O–H groups in total. The van der Waals surface area contributed by atoms with E-state index in [2.05, 4.69) is 20.9 Å². The van der Waals surface area contributed by atoms with Gasteiger partial charge in [0.05, 0.1) is 12.5 Å². The topological polar surface area (TPSA) is 209 Å². The Labute approximate surface area is 231 Å². The van der Waals surface area contributed by atoms with Gasteiger partial charge in [0.25, 0.3) is 0 Å². The second-order valence-corrected chi connectivity index (χ2v) is 10.4. The fourth-order valence-corrected chi connectivity index (χ4v) is 4.50. The van der Waals surface area contributed by atoms with Crippen molar-refractivity contribution in [3.63, 3.8) is 0 Å². The highest BCUT2D eigenvalue weighted by atomic mass is 32.2. The summed E-state index contributed by atoms with van der Waals surface area (Å²) in [5.41, 5.74) is 13.1. The molecule has 214 valence electrons. The number of fused-ring (bicyclic) bond motifs is 1. The number of aromatic nitrogens is 1. The number of carbonyl (C=O) groups is 5. The Bertz CT molecular complexity index is 1170. The Balaban J connectivity index is 2.14. The molecule has 0 radical (unpaired) electrons. The Morgan fingerprint density at radius 3 is 2.31 bits per heavy atom. The number of carboxylic acids is 1. The molecule has 0 spiro atoms. The van der Waals surface area contributed by atoms with Crippen molar-refractivity contribution in [2.45, 2.75) is 63.7 Å². The summed E-state index contributed by atoms with van der Waals surface area (Å²) in [5.74, 6) is -4.00. The second kappa shape index (κ2) is 15.1. The summed E-state index contributed by atoms with van der Waals surface area (Å²) in [4.78, 5) is 65.1. The fourth-order valence-electron chi connectivity index (χ4n) is 4.03. The number of benzene rings is 1. The molecule has 0 aliphatic carbocycles. The van der Waals surface area contributed by atoms with Crippen LogP contribution in [0.1, 0.15) is 38.7 Å². The average molecular weight is 563 g/mol. The first-order valence-electron chi connectivity index (χ1n) is 12.7. The third-order valence-electron chi connectivity index (χ3n) is 6.51. The molecule has 0 aliphatic rings. The first-order valence-corrected chi connectivity index (χ1v) is 14.1. The van der Waals surface area contributed by atoms with Gasteiger partial charge in [-0.25, -0.2) is 4.79 Å². The van der Waals surface area contributed by atoms with Gasteiger partial charge >= 0.3 is 5.97 Å². The third-order valence-corrected chi connectivity index (χ3v) is 7.15. The zero-order chi connectivity index (χ0) is 29.1. The zero-order valence-electron chi connectivity index (χ0n) is 22.4. The monoisotopic (exact) mass is 562 g/mol. The van der Waals surface area contributed by atoms with Gasteiger partial charge in [-0.15, -0.1) is 0 Å². The molecule has 1 heterocycles. The molecule has 1 aromatic heterocycles. The van der Waals surface area contributed by atoms with E-state index in [0.717, 1.165) is 16.5 Å². The van der Waals surface area contributed by atoms with E-state index >= 15 is 0 Å². The predicted molar refractivity (Wildman–Crippen MR) is 150 cm³/mol. The lowest BCUT2D eigenvalue weighted by Crippen LogP contribution is -2.59. The van der Waals surface area contributed by atoms with Crippen LogP contribution >= 0.6 is 11.8 Å². The van der Waals surface area contributed by atoms with E-state index < -0.39 is 60.2 Å². The van der Waals surface area contributed by atoms with Gasteiger partial charge in [0.1, 0.15) is 18.1 Å². The minimum atomic E-state index is -1.53. The molecule has 5 unspecified atom stereocenters. The highest BCUT2D eigenvalue weighted by Crippen LogP contribution is 2.19. The predicted octanol–water partition coefficient (Wildman–Crippen LogP) is 0.251. The Morgan fingerprint density at radius 1 is 1.03 bits per heavy atom. The summed E-state index contributed by atoms with van der Waals surface area (Å²) in [5, 5.41) is 17.9. The molecule has 0 bridgehead atoms. The van der Waals surface area contributed by atoms with Gasteiger partial charge in [0.2, 0.25) is 23.6 Å². The molecule has 5 atom stereocenters. The Morgan fingerprint density at radius 2 is 1.69 bits per heavy atom. The van der Waals surface area contributed by atoms with Crippen molar-refractivity contribution >= 4 is 52.3 Å². The van der Waals surface area contributed by atoms with E-state index in [9.17, 15) is 29.1 Å². The van der Waals surface area contributed by atoms with Crippen LogP contribution in [0.2, 0.25) is 0 Å². The first kappa shape index (κ1) is 31.6. The van der Waals surface area contributed by atoms with Crippen LogP contribution in [0.5, 0.6) is 0 Å². The number of H-pyrrole nitrogens is 1. The highest BCUT2D eigenvalue weighted by Gasteiger charge is 2.32. The minimum Gasteiger partial charge on any atom is -0.480 e. The van der Waals surface area contributed by atoms with E-state index in [-0.39, 0.29) is 18.8 Å². The number of carbonyl (C=O) groups excluding carboxylic acids is 4. The number of thioether (sulfide) groups is 1. The summed E-state index contributed by atoms with van der Waals surface area (Å²) < 4.78 is 0. The molecule has 0 aliphatic heterocycles. The van der Waals surface area contributed by atoms with Crippen molar-refractivity contribution in [3.05, 3.63) is 36.0 Å². The zero-order valence-corrected chi connectivity index (χ0v) is 23.2. The Kier molecular flexibility index (Phi) is 12.3. The summed E-state index contributed by atoms with van der Waals surface area (Å²) in [7, 11) is 0. The molecule has 2 aromatic rings. The molecule has 1 aromatic carbocycles. The van der Waals surface area contributed by atoms with Crippen molar-refractivity contribution in [2.24, 2.45) is 17.4 Å². The summed E-state index contributed by atoms with van der Waals surface area (Å²) in [6, 6.07) is 3.11. The van der Waals surface area contributed by atoms with Crippen molar-refractivity contribution in [1.82, 2.24) is 20.9 Å². The van der Waals surface area contributed by atoms with Gasteiger partial charge in [-0.1, -0.05) is 38.5 Å². The van der Waals surface area contributed by atoms with Crippen LogP contribution in [0, 0.1) is 5.92 Å². The lowest BCUT2D eigenvalue weighted by Gasteiger charge is -2.28. The number of aromatic amines is 1. The molecule has 12 nitrogen and oxygen atoms in total. The van der Waals surface area contributed by atoms with Gasteiger partial charge in [-0.05, 0) is 42.4 Å². The number of para-hydroxylation sites is 1. The highest BCUT2D eigenvalue weighted by molar-refractivity contribution is 7.98. The normalized spacial score (nSPS) is 15.0. The largest absolute Gasteiger partial charge is 0.480 e. The lowest BCUT2D eigenvalue weighted by atomic mass is 9.96. The van der Waals surface area contributed by atoms with Crippen LogP contribution in [0.25, 0.3) is 10.9 Å². The summed E-state index contributed by atoms with van der Waals surface area (Å²) in [6.07, 6.45) is 4.03. The van der Waals surface area contributed by atoms with Crippen molar-refractivity contribution in [2.75, 3.05) is 12.0 Å². The Hall–Kier alpha value is -3.58. The summed E-state index contributed by atoms with van der Waals surface area (Å²) >= 11 is 1.44. The number of nitrogens with two attached hydrogens (primary N) is 2. The number of hydrogen-bond donors (Lipinski definition) is 7. The molecule has 13 heteroatoms. The number of hydrogen-bond acceptors (Lipinski definition) is 7. The standard InChI is InChI=1S/C26H38N6O6S/c1-4-14(2)22(32-23(34)17(27)11-15-13-29-18-8-6-5-7-16(15)18)25(36)30-19(9-10-39-3)24(35)31-20(26(37)38)12-21(28)33/h5-8,13-14,17,19-20,22,29H,4,9-12,27H2,1-3H3,(H2,28,33)(H,30,36)(H,31,35)(H,32,34)(H,37,38). The van der Waals surface area contributed by atoms with Crippen LogP contribution < -0.4 is 27.4 Å². The van der Waals surface area contributed by atoms with Gasteiger partial charge in [-0.3, -0.25) is 19.2 Å². The maximum absolute atomic E-state index is 13.3. The lowest BCUT2D eigenvalue weighted by molar-refractivity contribution is -0.143. The van der Waals surface area contributed by atoms with E-state index in [4.69, 9.17) is 11.5 Å².